The Morgan fingerprint density at radius 1 is 1.50 bits per heavy atom. The van der Waals surface area contributed by atoms with Gasteiger partial charge in [0.25, 0.3) is 5.91 Å². The zero-order chi connectivity index (χ0) is 17.5. The van der Waals surface area contributed by atoms with E-state index < -0.39 is 29.4 Å². The molecule has 2 aliphatic heterocycles. The second-order valence-corrected chi connectivity index (χ2v) is 5.81. The third-order valence-electron chi connectivity index (χ3n) is 4.20. The summed E-state index contributed by atoms with van der Waals surface area (Å²) in [5.74, 6) is -1.03. The van der Waals surface area contributed by atoms with Crippen LogP contribution in [0.2, 0.25) is 0 Å². The largest absolute Gasteiger partial charge is 0.435 e. The molecule has 2 amide bonds. The van der Waals surface area contributed by atoms with Gasteiger partial charge in [0.15, 0.2) is 5.69 Å². The van der Waals surface area contributed by atoms with Crippen LogP contribution in [0, 0.1) is 0 Å². The minimum atomic E-state index is -4.70. The highest BCUT2D eigenvalue weighted by Crippen LogP contribution is 2.32. The van der Waals surface area contributed by atoms with Crippen molar-refractivity contribution in [2.75, 3.05) is 19.7 Å². The molecule has 1 N–H and O–H groups in total. The van der Waals surface area contributed by atoms with Gasteiger partial charge in [0.05, 0.1) is 17.7 Å². The Kier molecular flexibility index (Phi) is 4.24. The van der Waals surface area contributed by atoms with Gasteiger partial charge in [-0.25, -0.2) is 0 Å². The van der Waals surface area contributed by atoms with Gasteiger partial charge in [-0.3, -0.25) is 14.3 Å². The summed E-state index contributed by atoms with van der Waals surface area (Å²) in [6.07, 6.45) is -3.34. The molecule has 2 fully saturated rings. The normalized spacial score (nSPS) is 24.5. The molecule has 2 atom stereocenters. The molecule has 7 nitrogen and oxygen atoms in total. The van der Waals surface area contributed by atoms with E-state index in [4.69, 9.17) is 4.74 Å². The molecule has 0 bridgehead atoms. The van der Waals surface area contributed by atoms with Crippen LogP contribution in [-0.2, 0) is 22.3 Å². The number of carbonyl (C=O) groups excluding carboxylic acids is 2. The van der Waals surface area contributed by atoms with Gasteiger partial charge in [0.1, 0.15) is 6.61 Å². The molecule has 24 heavy (non-hydrogen) atoms. The summed E-state index contributed by atoms with van der Waals surface area (Å²) in [4.78, 5) is 25.3. The number of likely N-dealkylation sites (tertiary alicyclic amines) is 1. The summed E-state index contributed by atoms with van der Waals surface area (Å²) in [7, 11) is 0. The molecule has 0 radical (unpaired) electrons. The number of carbonyl (C=O) groups is 2. The van der Waals surface area contributed by atoms with Gasteiger partial charge in [-0.2, -0.15) is 18.3 Å². The minimum absolute atomic E-state index is 0.0311. The van der Waals surface area contributed by atoms with Crippen LogP contribution < -0.4 is 5.32 Å². The van der Waals surface area contributed by atoms with Gasteiger partial charge in [-0.1, -0.05) is 0 Å². The van der Waals surface area contributed by atoms with Gasteiger partial charge in [-0.05, 0) is 13.3 Å². The van der Waals surface area contributed by atoms with E-state index in [9.17, 15) is 22.8 Å². The average molecular weight is 346 g/mol. The highest BCUT2D eigenvalue weighted by Gasteiger charge is 2.42. The number of fused-ring (bicyclic) bond motifs is 1. The fourth-order valence-corrected chi connectivity index (χ4v) is 3.00. The van der Waals surface area contributed by atoms with E-state index in [0.717, 1.165) is 10.9 Å². The van der Waals surface area contributed by atoms with E-state index in [1.54, 1.807) is 6.92 Å². The van der Waals surface area contributed by atoms with E-state index in [2.05, 4.69) is 10.4 Å². The zero-order valence-corrected chi connectivity index (χ0v) is 13.0. The summed E-state index contributed by atoms with van der Waals surface area (Å²) in [6.45, 7) is 2.22. The predicted molar refractivity (Wildman–Crippen MR) is 75.1 cm³/mol. The van der Waals surface area contributed by atoms with Crippen molar-refractivity contribution in [2.45, 2.75) is 38.2 Å². The van der Waals surface area contributed by atoms with Crippen molar-refractivity contribution in [3.63, 3.8) is 0 Å². The molecule has 1 aromatic heterocycles. The zero-order valence-electron chi connectivity index (χ0n) is 13.0. The molecular formula is C14H17F3N4O3. The van der Waals surface area contributed by atoms with Crippen LogP contribution in [0.25, 0.3) is 0 Å². The lowest BCUT2D eigenvalue weighted by Gasteiger charge is -2.41. The maximum absolute atomic E-state index is 13.1. The van der Waals surface area contributed by atoms with Gasteiger partial charge in [0.2, 0.25) is 5.91 Å². The smallest absolute Gasteiger partial charge is 0.366 e. The number of hydrogen-bond acceptors (Lipinski definition) is 4. The summed E-state index contributed by atoms with van der Waals surface area (Å²) in [5.41, 5.74) is -1.65. The van der Waals surface area contributed by atoms with Crippen LogP contribution in [0.5, 0.6) is 0 Å². The standard InChI is InChI=1S/C14H17F3N4O3/c1-2-21-5-8(12(19-21)14(15,16)17)13(23)20-4-3-10-9(6-20)18-11(22)7-24-10/h5,9-10H,2-4,6-7H2,1H3,(H,18,22)/t9-,10-/m1/s1. The number of halogens is 3. The summed E-state index contributed by atoms with van der Waals surface area (Å²) < 4.78 is 45.8. The first-order chi connectivity index (χ1) is 11.3. The van der Waals surface area contributed by atoms with Crippen molar-refractivity contribution in [1.29, 1.82) is 0 Å². The number of nitrogens with one attached hydrogen (secondary N) is 1. The maximum atomic E-state index is 13.1. The number of nitrogens with zero attached hydrogens (tertiary/aromatic N) is 3. The number of aryl methyl sites for hydroxylation is 1. The van der Waals surface area contributed by atoms with Crippen molar-refractivity contribution in [3.05, 3.63) is 17.5 Å². The Labute approximate surface area is 135 Å². The molecule has 0 aromatic carbocycles. The van der Waals surface area contributed by atoms with Crippen molar-refractivity contribution >= 4 is 11.8 Å². The van der Waals surface area contributed by atoms with Gasteiger partial charge < -0.3 is 15.0 Å². The number of amides is 2. The average Bonchev–Trinajstić information content (AvgIpc) is 2.98. The second kappa shape index (κ2) is 6.08. The van der Waals surface area contributed by atoms with Crippen molar-refractivity contribution in [3.8, 4) is 0 Å². The predicted octanol–water partition coefficient (Wildman–Crippen LogP) is 0.651. The molecule has 0 spiro atoms. The van der Waals surface area contributed by atoms with Crippen LogP contribution in [-0.4, -0.2) is 58.3 Å². The molecule has 2 saturated heterocycles. The maximum Gasteiger partial charge on any atom is 0.435 e. The number of aromatic nitrogens is 2. The number of morpholine rings is 1. The van der Waals surface area contributed by atoms with E-state index in [0.29, 0.717) is 6.42 Å². The van der Waals surface area contributed by atoms with Crippen molar-refractivity contribution < 1.29 is 27.5 Å². The molecule has 0 unspecified atom stereocenters. The van der Waals surface area contributed by atoms with E-state index in [1.807, 2.05) is 0 Å². The number of piperidine rings is 1. The Bertz CT molecular complexity index is 658. The molecule has 10 heteroatoms. The van der Waals surface area contributed by atoms with Gasteiger partial charge in [-0.15, -0.1) is 0 Å². The molecule has 2 aliphatic rings. The van der Waals surface area contributed by atoms with Crippen molar-refractivity contribution in [2.24, 2.45) is 0 Å². The lowest BCUT2D eigenvalue weighted by Crippen LogP contribution is -2.61. The highest BCUT2D eigenvalue weighted by atomic mass is 19.4. The third kappa shape index (κ3) is 3.10. The fourth-order valence-electron chi connectivity index (χ4n) is 3.00. The molecule has 3 rings (SSSR count). The third-order valence-corrected chi connectivity index (χ3v) is 4.20. The molecule has 132 valence electrons. The summed E-state index contributed by atoms with van der Waals surface area (Å²) in [6, 6.07) is -0.403. The summed E-state index contributed by atoms with van der Waals surface area (Å²) >= 11 is 0. The molecule has 3 heterocycles. The van der Waals surface area contributed by atoms with Crippen LogP contribution in [0.3, 0.4) is 0 Å². The molecule has 1 aromatic rings. The summed E-state index contributed by atoms with van der Waals surface area (Å²) in [5, 5.41) is 6.17. The van der Waals surface area contributed by atoms with Gasteiger partial charge in [0, 0.05) is 25.8 Å². The monoisotopic (exact) mass is 346 g/mol. The first-order valence-corrected chi connectivity index (χ1v) is 7.64. The Morgan fingerprint density at radius 3 is 2.92 bits per heavy atom. The van der Waals surface area contributed by atoms with Crippen molar-refractivity contribution in [1.82, 2.24) is 20.0 Å². The lowest BCUT2D eigenvalue weighted by atomic mass is 9.99. The Morgan fingerprint density at radius 2 is 2.25 bits per heavy atom. The number of ether oxygens (including phenoxy) is 1. The first kappa shape index (κ1) is 16.7. The SMILES string of the molecule is CCn1cc(C(=O)N2CC[C@H]3OCC(=O)N[C@@H]3C2)c(C(F)(F)F)n1. The quantitative estimate of drug-likeness (QED) is 0.853. The van der Waals surface area contributed by atoms with Gasteiger partial charge >= 0.3 is 6.18 Å². The Hall–Kier alpha value is -2.10. The Balaban J connectivity index is 1.82. The van der Waals surface area contributed by atoms with Crippen LogP contribution in [0.4, 0.5) is 13.2 Å². The highest BCUT2D eigenvalue weighted by molar-refractivity contribution is 5.95. The minimum Gasteiger partial charge on any atom is -0.366 e. The lowest BCUT2D eigenvalue weighted by molar-refractivity contribution is -0.141. The number of alkyl halides is 3. The number of rotatable bonds is 2. The molecule has 0 aliphatic carbocycles. The molecule has 0 saturated carbocycles. The first-order valence-electron chi connectivity index (χ1n) is 7.64. The van der Waals surface area contributed by atoms with E-state index in [1.165, 1.54) is 4.90 Å². The van der Waals surface area contributed by atoms with Crippen LogP contribution >= 0.6 is 0 Å². The topological polar surface area (TPSA) is 76.5 Å². The second-order valence-electron chi connectivity index (χ2n) is 5.81. The van der Waals surface area contributed by atoms with E-state index >= 15 is 0 Å². The van der Waals surface area contributed by atoms with E-state index in [-0.39, 0.29) is 38.3 Å². The number of hydrogen-bond donors (Lipinski definition) is 1. The van der Waals surface area contributed by atoms with Crippen LogP contribution in [0.1, 0.15) is 29.4 Å². The van der Waals surface area contributed by atoms with Crippen LogP contribution in [0.15, 0.2) is 6.20 Å². The fraction of sp³-hybridized carbons (Fsp3) is 0.643. The molecular weight excluding hydrogens is 329 g/mol.